The summed E-state index contributed by atoms with van der Waals surface area (Å²) in [6.45, 7) is 7.84. The predicted molar refractivity (Wildman–Crippen MR) is 81.6 cm³/mol. The minimum atomic E-state index is -0.351. The number of benzene rings is 1. The maximum atomic E-state index is 12.4. The Bertz CT molecular complexity index is 374. The number of hydrogen-bond donors (Lipinski definition) is 1. The number of alkyl halides is 1. The van der Waals surface area contributed by atoms with E-state index in [1.807, 2.05) is 32.0 Å². The van der Waals surface area contributed by atoms with Gasteiger partial charge in [0, 0.05) is 44.0 Å². The van der Waals surface area contributed by atoms with Crippen molar-refractivity contribution in [3.8, 4) is 0 Å². The van der Waals surface area contributed by atoms with Crippen LogP contribution in [0.15, 0.2) is 18.2 Å². The summed E-state index contributed by atoms with van der Waals surface area (Å²) in [4.78, 5) is 4.65. The van der Waals surface area contributed by atoms with Gasteiger partial charge < -0.3 is 15.5 Å². The molecule has 1 aliphatic rings. The topological polar surface area (TPSA) is 32.5 Å². The van der Waals surface area contributed by atoms with Gasteiger partial charge in [0.05, 0.1) is 6.67 Å². The lowest BCUT2D eigenvalue weighted by molar-refractivity contribution is 0.313. The molecule has 2 N–H and O–H groups in total. The number of halogens is 1. The molecule has 1 saturated heterocycles. The van der Waals surface area contributed by atoms with E-state index < -0.39 is 0 Å². The number of hydrogen-bond acceptors (Lipinski definition) is 3. The molecule has 1 aromatic rings. The van der Waals surface area contributed by atoms with Gasteiger partial charge in [0.1, 0.15) is 0 Å². The van der Waals surface area contributed by atoms with Crippen LogP contribution in [0.1, 0.15) is 19.4 Å². The molecule has 1 aliphatic heterocycles. The molecule has 0 bridgehead atoms. The zero-order chi connectivity index (χ0) is 14.3. The number of anilines is 2. The van der Waals surface area contributed by atoms with Gasteiger partial charge in [-0.25, -0.2) is 0 Å². The Morgan fingerprint density at radius 2 is 1.79 bits per heavy atom. The smallest absolute Gasteiger partial charge is 0.0935 e. The van der Waals surface area contributed by atoms with Crippen LogP contribution in [-0.2, 0) is 6.42 Å². The molecule has 19 heavy (non-hydrogen) atoms. The number of likely N-dealkylation sites (N-methyl/N-ethyl adjacent to an activating group) is 1. The lowest BCUT2D eigenvalue weighted by atomic mass is 10.1. The molecule has 0 amide bonds. The van der Waals surface area contributed by atoms with Crippen molar-refractivity contribution in [3.05, 3.63) is 23.8 Å². The van der Waals surface area contributed by atoms with Crippen molar-refractivity contribution in [1.29, 1.82) is 0 Å². The second-order valence-corrected chi connectivity index (χ2v) is 4.61. The normalized spacial score (nSPS) is 15.9. The Labute approximate surface area is 116 Å². The molecule has 0 saturated carbocycles. The van der Waals surface area contributed by atoms with Gasteiger partial charge in [-0.1, -0.05) is 13.8 Å². The highest BCUT2D eigenvalue weighted by atomic mass is 19.1. The van der Waals surface area contributed by atoms with Gasteiger partial charge >= 0.3 is 0 Å². The largest absolute Gasteiger partial charge is 0.399 e. The molecule has 1 fully saturated rings. The fraction of sp³-hybridized carbons (Fsp3) is 0.600. The van der Waals surface area contributed by atoms with Gasteiger partial charge in [-0.2, -0.15) is 0 Å². The van der Waals surface area contributed by atoms with Crippen LogP contribution >= 0.6 is 0 Å². The Morgan fingerprint density at radius 3 is 2.37 bits per heavy atom. The molecule has 0 aromatic heterocycles. The summed E-state index contributed by atoms with van der Waals surface area (Å²) in [7, 11) is 2.13. The molecule has 0 spiro atoms. The number of piperazine rings is 1. The van der Waals surface area contributed by atoms with E-state index in [-0.39, 0.29) is 6.67 Å². The third-order valence-corrected chi connectivity index (χ3v) is 3.36. The second kappa shape index (κ2) is 8.00. The monoisotopic (exact) mass is 267 g/mol. The molecule has 1 heterocycles. The summed E-state index contributed by atoms with van der Waals surface area (Å²) in [5.41, 5.74) is 8.61. The van der Waals surface area contributed by atoms with Gasteiger partial charge in [-0.3, -0.25) is 4.39 Å². The highest BCUT2D eigenvalue weighted by molar-refractivity contribution is 5.58. The summed E-state index contributed by atoms with van der Waals surface area (Å²) < 4.78 is 12.4. The number of aryl methyl sites for hydroxylation is 1. The van der Waals surface area contributed by atoms with E-state index in [9.17, 15) is 4.39 Å². The summed E-state index contributed by atoms with van der Waals surface area (Å²) in [5, 5.41) is 0. The number of nitrogens with zero attached hydrogens (tertiary/aromatic N) is 2. The first kappa shape index (κ1) is 15.8. The van der Waals surface area contributed by atoms with Crippen LogP contribution in [0.3, 0.4) is 0 Å². The average Bonchev–Trinajstić information content (AvgIpc) is 2.45. The SMILES string of the molecule is CC.CN1CCN(c2ccc(N)c(CCF)c2)CC1. The maximum Gasteiger partial charge on any atom is 0.0935 e. The quantitative estimate of drug-likeness (QED) is 0.854. The standard InChI is InChI=1S/C13H20FN3.C2H6/c1-16-6-8-17(9-7-16)12-2-3-13(15)11(10-12)4-5-14;1-2/h2-3,10H,4-9,15H2,1H3;1-2H3. The Hall–Kier alpha value is -1.29. The lowest BCUT2D eigenvalue weighted by Gasteiger charge is -2.34. The minimum Gasteiger partial charge on any atom is -0.399 e. The molecule has 4 heteroatoms. The molecular formula is C15H26FN3. The Balaban J connectivity index is 0.000000861. The van der Waals surface area contributed by atoms with Crippen molar-refractivity contribution in [2.45, 2.75) is 20.3 Å². The van der Waals surface area contributed by atoms with Crippen LogP contribution in [0, 0.1) is 0 Å². The number of nitrogens with two attached hydrogens (primary N) is 1. The zero-order valence-corrected chi connectivity index (χ0v) is 12.3. The summed E-state index contributed by atoms with van der Waals surface area (Å²) in [6.07, 6.45) is 0.410. The zero-order valence-electron chi connectivity index (χ0n) is 12.3. The maximum absolute atomic E-state index is 12.4. The highest BCUT2D eigenvalue weighted by Gasteiger charge is 2.14. The van der Waals surface area contributed by atoms with Crippen molar-refractivity contribution in [2.75, 3.05) is 50.5 Å². The molecule has 2 rings (SSSR count). The number of nitrogen functional groups attached to an aromatic ring is 1. The van der Waals surface area contributed by atoms with Gasteiger partial charge in [0.25, 0.3) is 0 Å². The van der Waals surface area contributed by atoms with Crippen LogP contribution in [-0.4, -0.2) is 44.8 Å². The molecule has 0 atom stereocenters. The molecule has 0 radical (unpaired) electrons. The van der Waals surface area contributed by atoms with Gasteiger partial charge in [0.2, 0.25) is 0 Å². The molecule has 1 aromatic carbocycles. The third-order valence-electron chi connectivity index (χ3n) is 3.36. The van der Waals surface area contributed by atoms with E-state index in [0.29, 0.717) is 12.1 Å². The molecule has 0 aliphatic carbocycles. The van der Waals surface area contributed by atoms with Crippen LogP contribution in [0.4, 0.5) is 15.8 Å². The summed E-state index contributed by atoms with van der Waals surface area (Å²) in [5.74, 6) is 0. The first-order valence-corrected chi connectivity index (χ1v) is 7.08. The second-order valence-electron chi connectivity index (χ2n) is 4.61. The summed E-state index contributed by atoms with van der Waals surface area (Å²) in [6, 6.07) is 5.95. The van der Waals surface area contributed by atoms with Crippen molar-refractivity contribution in [1.82, 2.24) is 4.90 Å². The molecule has 3 nitrogen and oxygen atoms in total. The average molecular weight is 267 g/mol. The highest BCUT2D eigenvalue weighted by Crippen LogP contribution is 2.22. The van der Waals surface area contributed by atoms with E-state index in [2.05, 4.69) is 16.8 Å². The van der Waals surface area contributed by atoms with Crippen LogP contribution < -0.4 is 10.6 Å². The van der Waals surface area contributed by atoms with Crippen molar-refractivity contribution in [2.24, 2.45) is 0 Å². The van der Waals surface area contributed by atoms with Crippen LogP contribution in [0.5, 0.6) is 0 Å². The van der Waals surface area contributed by atoms with Crippen LogP contribution in [0.2, 0.25) is 0 Å². The fourth-order valence-electron chi connectivity index (χ4n) is 2.17. The summed E-state index contributed by atoms with van der Waals surface area (Å²) >= 11 is 0. The van der Waals surface area contributed by atoms with Gasteiger partial charge in [-0.15, -0.1) is 0 Å². The Morgan fingerprint density at radius 1 is 1.16 bits per heavy atom. The predicted octanol–water partition coefficient (Wildman–Crippen LogP) is 2.56. The van der Waals surface area contributed by atoms with Crippen LogP contribution in [0.25, 0.3) is 0 Å². The van der Waals surface area contributed by atoms with E-state index in [0.717, 1.165) is 37.4 Å². The first-order valence-electron chi connectivity index (χ1n) is 7.08. The van der Waals surface area contributed by atoms with E-state index in [1.54, 1.807) is 0 Å². The lowest BCUT2D eigenvalue weighted by Crippen LogP contribution is -2.44. The van der Waals surface area contributed by atoms with Crippen molar-refractivity contribution >= 4 is 11.4 Å². The Kier molecular flexibility index (Phi) is 6.64. The van der Waals surface area contributed by atoms with Crippen molar-refractivity contribution < 1.29 is 4.39 Å². The number of rotatable bonds is 3. The fourth-order valence-corrected chi connectivity index (χ4v) is 2.17. The molecular weight excluding hydrogens is 241 g/mol. The van der Waals surface area contributed by atoms with Gasteiger partial charge in [0.15, 0.2) is 0 Å². The van der Waals surface area contributed by atoms with E-state index >= 15 is 0 Å². The van der Waals surface area contributed by atoms with E-state index in [1.165, 1.54) is 0 Å². The van der Waals surface area contributed by atoms with Gasteiger partial charge in [-0.05, 0) is 30.8 Å². The molecule has 0 unspecified atom stereocenters. The third kappa shape index (κ3) is 4.39. The molecule has 108 valence electrons. The van der Waals surface area contributed by atoms with Crippen molar-refractivity contribution in [3.63, 3.8) is 0 Å². The van der Waals surface area contributed by atoms with E-state index in [4.69, 9.17) is 5.73 Å². The first-order chi connectivity index (χ1) is 9.20. The minimum absolute atomic E-state index is 0.351.